The second-order valence-electron chi connectivity index (χ2n) is 34.7. The van der Waals surface area contributed by atoms with Gasteiger partial charge in [-0.3, -0.25) is 86.3 Å². The highest BCUT2D eigenvalue weighted by Crippen LogP contribution is 2.26. The van der Waals surface area contributed by atoms with Crippen molar-refractivity contribution in [1.82, 2.24) is 83.9 Å². The first-order valence-corrected chi connectivity index (χ1v) is 45.2. The van der Waals surface area contributed by atoms with Crippen LogP contribution in [0.25, 0.3) is 22.0 Å². The minimum absolute atomic E-state index is 0.0203. The third-order valence-corrected chi connectivity index (χ3v) is 23.6. The molecule has 0 aliphatic carbocycles. The summed E-state index contributed by atoms with van der Waals surface area (Å²) in [5, 5.41) is 65.5. The summed E-state index contributed by atoms with van der Waals surface area (Å²) in [5.74, 6) is -22.3. The normalized spacial score (nSPS) is 23.8. The fraction of sp³-hybridized carbons (Fsp3) is 0.462. The van der Waals surface area contributed by atoms with E-state index in [2.05, 4.69) is 74.1 Å². The number of hydrogen-bond donors (Lipinski definition) is 19. The van der Waals surface area contributed by atoms with Crippen molar-refractivity contribution in [2.75, 3.05) is 38.2 Å². The molecule has 17 amide bonds. The number of aliphatic hydroxyl groups excluding tert-OH is 1. The van der Waals surface area contributed by atoms with Crippen molar-refractivity contribution >= 4 is 129 Å². The summed E-state index contributed by atoms with van der Waals surface area (Å²) in [4.78, 5) is 265. The third-order valence-electron chi connectivity index (χ3n) is 22.5. The van der Waals surface area contributed by atoms with E-state index in [9.17, 15) is 68.1 Å². The first-order valence-electron chi connectivity index (χ1n) is 44.0. The molecule has 0 spiro atoms. The summed E-state index contributed by atoms with van der Waals surface area (Å²) < 4.78 is 0. The highest BCUT2D eigenvalue weighted by molar-refractivity contribution is 8.00. The van der Waals surface area contributed by atoms with Gasteiger partial charge in [-0.1, -0.05) is 171 Å². The number of aliphatic hydroxyl groups is 1. The molecular weight excluding hydrogens is 1740 g/mol. The van der Waals surface area contributed by atoms with Gasteiger partial charge in [-0.2, -0.15) is 0 Å². The molecule has 39 nitrogen and oxygen atoms in total. The van der Waals surface area contributed by atoms with Crippen molar-refractivity contribution in [3.05, 3.63) is 162 Å². The molecule has 14 atom stereocenters. The summed E-state index contributed by atoms with van der Waals surface area (Å²) in [6, 6.07) is 14.3. The quantitative estimate of drug-likeness (QED) is 0.0387. The second kappa shape index (κ2) is 50.0. The molecule has 716 valence electrons. The zero-order valence-electron chi connectivity index (χ0n) is 75.9. The number of aromatic nitrogens is 1. The number of phenolic OH excluding ortho intramolecular Hbond substituents is 1. The molecule has 6 aromatic rings. The lowest BCUT2D eigenvalue weighted by Gasteiger charge is -2.34. The van der Waals surface area contributed by atoms with Crippen molar-refractivity contribution in [1.29, 1.82) is 0 Å². The Balaban J connectivity index is 1.19. The van der Waals surface area contributed by atoms with E-state index >= 15 is 33.6 Å². The number of aromatic hydroxyl groups is 1. The molecule has 3 heterocycles. The van der Waals surface area contributed by atoms with Gasteiger partial charge in [0.05, 0.1) is 31.7 Å². The van der Waals surface area contributed by atoms with Crippen LogP contribution < -0.4 is 80.6 Å². The third kappa shape index (κ3) is 31.5. The monoisotopic (exact) mass is 1860 g/mol. The largest absolute Gasteiger partial charge is 0.508 e. The molecule has 0 saturated carbocycles. The maximum absolute atomic E-state index is 15.5. The number of carbonyl (C=O) groups is 18. The number of nitrogens with zero attached hydrogens (tertiary/aromatic N) is 2. The summed E-state index contributed by atoms with van der Waals surface area (Å²) >= 11 is 0.705. The summed E-state index contributed by atoms with van der Waals surface area (Å²) in [6.07, 6.45) is -1.64. The van der Waals surface area contributed by atoms with Gasteiger partial charge < -0.3 is 111 Å². The van der Waals surface area contributed by atoms with Crippen LogP contribution in [0.2, 0.25) is 0 Å². The van der Waals surface area contributed by atoms with E-state index < -0.39 is 253 Å². The number of nitrogens with two attached hydrogens (primary N) is 2. The van der Waals surface area contributed by atoms with Crippen molar-refractivity contribution in [2.24, 2.45) is 35.1 Å². The number of aromatic amines is 1. The summed E-state index contributed by atoms with van der Waals surface area (Å²) in [6.45, 7) is 12.6. The lowest BCUT2D eigenvalue weighted by Crippen LogP contribution is -2.62. The van der Waals surface area contributed by atoms with E-state index in [1.807, 2.05) is 42.5 Å². The van der Waals surface area contributed by atoms with Gasteiger partial charge in [0.15, 0.2) is 0 Å². The average Bonchev–Trinajstić information content (AvgIpc) is 1.72. The van der Waals surface area contributed by atoms with Crippen LogP contribution in [-0.4, -0.2) is 259 Å². The smallest absolute Gasteiger partial charge is 0.305 e. The number of para-hydroxylation sites is 1. The van der Waals surface area contributed by atoms with E-state index in [0.29, 0.717) is 44.9 Å². The zero-order chi connectivity index (χ0) is 97.6. The van der Waals surface area contributed by atoms with Gasteiger partial charge in [-0.15, -0.1) is 11.8 Å². The van der Waals surface area contributed by atoms with Crippen molar-refractivity contribution in [3.63, 3.8) is 0 Å². The molecule has 133 heavy (non-hydrogen) atoms. The number of thioether (sulfide) groups is 1. The van der Waals surface area contributed by atoms with E-state index in [4.69, 9.17) is 11.5 Å². The number of carboxylic acids is 1. The van der Waals surface area contributed by atoms with Gasteiger partial charge in [-0.25, -0.2) is 0 Å². The predicted octanol–water partition coefficient (Wildman–Crippen LogP) is -0.439. The number of primary amides is 2. The van der Waals surface area contributed by atoms with Crippen LogP contribution >= 0.6 is 11.8 Å². The lowest BCUT2D eigenvalue weighted by atomic mass is 9.97. The van der Waals surface area contributed by atoms with Crippen LogP contribution in [0, 0.1) is 23.7 Å². The summed E-state index contributed by atoms with van der Waals surface area (Å²) in [7, 11) is 1.31. The van der Waals surface area contributed by atoms with Gasteiger partial charge in [0, 0.05) is 62.1 Å². The molecule has 0 unspecified atom stereocenters. The van der Waals surface area contributed by atoms with Crippen LogP contribution in [-0.2, 0) is 112 Å². The number of carbonyl (C=O) groups excluding carboxylic acids is 17. The Labute approximate surface area is 774 Å². The average molecular weight is 1860 g/mol. The number of phenols is 1. The predicted molar refractivity (Wildman–Crippen MR) is 491 cm³/mol. The highest BCUT2D eigenvalue weighted by Gasteiger charge is 2.44. The van der Waals surface area contributed by atoms with Crippen LogP contribution in [0.3, 0.4) is 0 Å². The second-order valence-corrected chi connectivity index (χ2v) is 35.8. The number of aliphatic carboxylic acids is 1. The molecule has 1 aromatic heterocycles. The van der Waals surface area contributed by atoms with Gasteiger partial charge >= 0.3 is 5.97 Å². The van der Waals surface area contributed by atoms with E-state index in [-0.39, 0.29) is 63.2 Å². The first kappa shape index (κ1) is 105. The number of fused-ring (bicyclic) bond motifs is 2. The molecular formula is C93H122N18O21S. The molecule has 8 rings (SSSR count). The van der Waals surface area contributed by atoms with E-state index in [1.165, 1.54) is 57.0 Å². The van der Waals surface area contributed by atoms with Crippen molar-refractivity contribution in [2.45, 2.75) is 211 Å². The zero-order valence-corrected chi connectivity index (χ0v) is 76.7. The Morgan fingerprint density at radius 2 is 0.902 bits per heavy atom. The number of H-pyrrole nitrogens is 1. The van der Waals surface area contributed by atoms with Crippen molar-refractivity contribution in [3.8, 4) is 16.9 Å². The van der Waals surface area contributed by atoms with Crippen LogP contribution in [0.1, 0.15) is 123 Å². The number of nitrogens with one attached hydrogen (secondary N) is 14. The minimum Gasteiger partial charge on any atom is -0.508 e. The topological polar surface area (TPSA) is 599 Å². The lowest BCUT2D eigenvalue weighted by molar-refractivity contribution is -0.148. The highest BCUT2D eigenvalue weighted by atomic mass is 32.2. The van der Waals surface area contributed by atoms with Gasteiger partial charge in [0.25, 0.3) is 0 Å². The SMILES string of the molecule is CC(C)C[C@@H]1NC(=O)[C@H](Cc2c[nH]c3ccccc23)NC(=O)[C@H](CC(=O)O)NC(=O)[C@H](Cc2ccc(O)cc2)NC(=O)[C@H](Cc2ccccc2)NC(=O)CSC[C@@H](C(=O)NCC(N)=O)NC(=O)[C@H](CO)NC(=O)[C@H](C(C)C)NC(=O)[C@H](CC(C)C)NC(=O)[C@H](CC(N)=O)NC(=O)[C@H]2CCCN2C(=O)[C@H](C)N(C)C(=O)[C@H](C(C)C)NC(=O)[C@H](Cc2ccc(-c3ccccc3)cc2)NC1=O. The molecule has 21 N–H and O–H groups in total. The number of likely N-dealkylation sites (N-methyl/N-ethyl adjacent to an activating group) is 1. The van der Waals surface area contributed by atoms with E-state index in [0.717, 1.165) is 16.0 Å². The van der Waals surface area contributed by atoms with Crippen LogP contribution in [0.5, 0.6) is 5.75 Å². The minimum atomic E-state index is -2.06. The van der Waals surface area contributed by atoms with Crippen LogP contribution in [0.4, 0.5) is 0 Å². The number of hydrogen-bond acceptors (Lipinski definition) is 21. The Kier molecular flexibility index (Phi) is 39.3. The maximum atomic E-state index is 15.5. The maximum Gasteiger partial charge on any atom is 0.305 e. The number of carboxylic acid groups (broad SMARTS) is 1. The molecule has 2 aliphatic heterocycles. The fourth-order valence-electron chi connectivity index (χ4n) is 15.3. The van der Waals surface area contributed by atoms with Gasteiger partial charge in [0.2, 0.25) is 100 Å². The Bertz CT molecular complexity index is 5140. The number of benzene rings is 5. The molecule has 2 saturated heterocycles. The van der Waals surface area contributed by atoms with Gasteiger partial charge in [0.1, 0.15) is 90.3 Å². The number of rotatable bonds is 23. The Morgan fingerprint density at radius 3 is 1.44 bits per heavy atom. The molecule has 2 fully saturated rings. The molecule has 0 bridgehead atoms. The summed E-state index contributed by atoms with van der Waals surface area (Å²) in [5.41, 5.74) is 15.0. The van der Waals surface area contributed by atoms with Gasteiger partial charge in [-0.05, 0) is 108 Å². The number of amides is 17. The Hall–Kier alpha value is -13.8. The fourth-order valence-corrected chi connectivity index (χ4v) is 16.1. The Morgan fingerprint density at radius 1 is 0.466 bits per heavy atom. The molecule has 2 aliphatic rings. The first-order chi connectivity index (χ1) is 63.1. The van der Waals surface area contributed by atoms with Crippen LogP contribution in [0.15, 0.2) is 140 Å². The standard InChI is InChI=1S/C93H122N18O21S/c1-49(2)36-63-81(120)102-67(39-55-27-31-58(32-28-55)57-22-15-12-16-23-57)88(127)109-79(52(7)8)93(132)110(10)53(9)92(131)111-35-19-26-73(111)90(129)105-69(42-74(94)114)85(124)100-64(37-50(3)4)87(126)108-78(51(5)6)91(130)106-71(46-112)89(128)107-72(80(119)97-45-75(95)115)47-133-48-76(116)98-65(38-54-20-13-11-14-21-54)82(121)101-66(40-56-29-33-60(113)34-30-56)83(122)104-70(43-77(117)118)86(125)103-68(84(123)99-63)41-59-44-96-62-25-18-17-24-61(59)62/h11-18,20-25,27-34,44,49-53,63-73,78-79,96,112-113H,19,26,35-43,45-48H2,1-10H3,(H2,94,114)(H2,95,115)(H,97,119)(H,98,116)(H,99,123)(H,100,124)(H,101,121)(H,102,120)(H,103,125)(H,104,122)(H,105,129)(H,106,130)(H,107,128)(H,108,126)(H,109,127)(H,117,118)/t53-,63-,64-,65-,66-,67-,68-,69-,70-,71-,72-,73+,78-,79-/m0/s1. The van der Waals surface area contributed by atoms with Crippen molar-refractivity contribution < 1.29 is 102 Å². The molecule has 40 heteroatoms. The molecule has 5 aromatic carbocycles. The molecule has 0 radical (unpaired) electrons. The van der Waals surface area contributed by atoms with E-state index in [1.54, 1.807) is 114 Å².